The molecule has 7 N–H and O–H groups in total. The number of fused-ring (bicyclic) bond motifs is 2. The standard InChI is InChI=1S/C15H15N5.C14H13N5/c1-9-5-3-4-6-10(9)12-8-7-11-13(17-2)19-15(16)20-14(11)18-12;1-8-4-2-3-5-9(8)11-7-6-10-12(15)18-14(16)19-13(10)17-11/h3-8H,1-2H3,(H3,16,17,18,19,20);2-7H,1H3,(H4,15,16,17,18,19). The van der Waals surface area contributed by atoms with Gasteiger partial charge in [0.25, 0.3) is 0 Å². The number of hydrogen-bond donors (Lipinski definition) is 4. The summed E-state index contributed by atoms with van der Waals surface area (Å²) in [5, 5.41) is 4.58. The molecule has 0 unspecified atom stereocenters. The second-order valence-corrected chi connectivity index (χ2v) is 8.91. The molecule has 4 heterocycles. The molecule has 0 aliphatic carbocycles. The van der Waals surface area contributed by atoms with E-state index in [0.29, 0.717) is 28.3 Å². The first-order valence-electron chi connectivity index (χ1n) is 12.3. The quantitative estimate of drug-likeness (QED) is 0.257. The van der Waals surface area contributed by atoms with Gasteiger partial charge in [-0.05, 0) is 49.2 Å². The lowest BCUT2D eigenvalue weighted by Gasteiger charge is -2.08. The van der Waals surface area contributed by atoms with Crippen molar-refractivity contribution in [1.29, 1.82) is 0 Å². The van der Waals surface area contributed by atoms with Crippen LogP contribution in [0.15, 0.2) is 72.8 Å². The maximum Gasteiger partial charge on any atom is 0.224 e. The van der Waals surface area contributed by atoms with Gasteiger partial charge in [0.15, 0.2) is 11.3 Å². The second-order valence-electron chi connectivity index (χ2n) is 8.91. The number of nitrogens with two attached hydrogens (primary N) is 3. The van der Waals surface area contributed by atoms with Gasteiger partial charge in [0, 0.05) is 18.2 Å². The second kappa shape index (κ2) is 10.5. The largest absolute Gasteiger partial charge is 0.383 e. The SMILES string of the molecule is CNc1nc(N)nc2nc(-c3ccccc3C)ccc12.Cc1ccccc1-c1ccc2c(N)nc(N)nc2n1. The molecule has 6 rings (SSSR count). The number of nitrogens with one attached hydrogen (secondary N) is 1. The summed E-state index contributed by atoms with van der Waals surface area (Å²) in [7, 11) is 1.80. The van der Waals surface area contributed by atoms with Crippen LogP contribution in [0.2, 0.25) is 0 Å². The molecule has 0 radical (unpaired) electrons. The van der Waals surface area contributed by atoms with E-state index in [9.17, 15) is 0 Å². The van der Waals surface area contributed by atoms with Gasteiger partial charge in [-0.3, -0.25) is 0 Å². The number of rotatable bonds is 3. The Morgan fingerprint density at radius 2 is 1.03 bits per heavy atom. The number of nitrogen functional groups attached to an aromatic ring is 3. The van der Waals surface area contributed by atoms with Crippen molar-refractivity contribution < 1.29 is 0 Å². The molecule has 0 saturated heterocycles. The van der Waals surface area contributed by atoms with Crippen molar-refractivity contribution in [2.75, 3.05) is 29.6 Å². The van der Waals surface area contributed by atoms with Crippen LogP contribution in [0.1, 0.15) is 11.1 Å². The van der Waals surface area contributed by atoms with Gasteiger partial charge in [-0.25, -0.2) is 9.97 Å². The lowest BCUT2D eigenvalue weighted by Crippen LogP contribution is -2.02. The Labute approximate surface area is 225 Å². The molecule has 0 fully saturated rings. The molecule has 4 aromatic heterocycles. The van der Waals surface area contributed by atoms with Crippen LogP contribution in [0.5, 0.6) is 0 Å². The number of nitrogens with zero attached hydrogens (tertiary/aromatic N) is 6. The molecule has 2 aromatic carbocycles. The lowest BCUT2D eigenvalue weighted by atomic mass is 10.1. The van der Waals surface area contributed by atoms with E-state index in [0.717, 1.165) is 33.5 Å². The fourth-order valence-electron chi connectivity index (χ4n) is 4.29. The molecule has 0 aliphatic rings. The highest BCUT2D eigenvalue weighted by molar-refractivity contribution is 5.89. The first-order chi connectivity index (χ1) is 18.8. The maximum absolute atomic E-state index is 5.80. The number of hydrogen-bond acceptors (Lipinski definition) is 10. The van der Waals surface area contributed by atoms with Gasteiger partial charge in [-0.2, -0.15) is 19.9 Å². The van der Waals surface area contributed by atoms with Gasteiger partial charge in [0.2, 0.25) is 11.9 Å². The van der Waals surface area contributed by atoms with E-state index in [-0.39, 0.29) is 11.9 Å². The third kappa shape index (κ3) is 5.21. The minimum absolute atomic E-state index is 0.138. The predicted molar refractivity (Wildman–Crippen MR) is 158 cm³/mol. The number of aromatic nitrogens is 6. The summed E-state index contributed by atoms with van der Waals surface area (Å²) in [5.74, 6) is 1.40. The van der Waals surface area contributed by atoms with Gasteiger partial charge < -0.3 is 22.5 Å². The van der Waals surface area contributed by atoms with E-state index in [1.807, 2.05) is 73.7 Å². The Morgan fingerprint density at radius 1 is 0.538 bits per heavy atom. The third-order valence-corrected chi connectivity index (χ3v) is 6.26. The summed E-state index contributed by atoms with van der Waals surface area (Å²) in [6.07, 6.45) is 0. The van der Waals surface area contributed by atoms with Crippen molar-refractivity contribution in [3.05, 3.63) is 83.9 Å². The highest BCUT2D eigenvalue weighted by Gasteiger charge is 2.10. The van der Waals surface area contributed by atoms with Crippen LogP contribution in [-0.2, 0) is 0 Å². The normalized spacial score (nSPS) is 10.7. The van der Waals surface area contributed by atoms with E-state index >= 15 is 0 Å². The van der Waals surface area contributed by atoms with E-state index in [2.05, 4.69) is 48.2 Å². The van der Waals surface area contributed by atoms with Crippen LogP contribution in [-0.4, -0.2) is 37.0 Å². The van der Waals surface area contributed by atoms with E-state index in [1.54, 1.807) is 7.05 Å². The maximum atomic E-state index is 5.80. The molecular formula is C29H28N10. The van der Waals surface area contributed by atoms with Crippen molar-refractivity contribution in [1.82, 2.24) is 29.9 Å². The lowest BCUT2D eigenvalue weighted by molar-refractivity contribution is 1.19. The Kier molecular flexibility index (Phi) is 6.83. The van der Waals surface area contributed by atoms with Crippen molar-refractivity contribution in [2.24, 2.45) is 0 Å². The molecule has 0 aliphatic heterocycles. The molecule has 10 heteroatoms. The van der Waals surface area contributed by atoms with Gasteiger partial charge in [0.1, 0.15) is 11.6 Å². The number of benzene rings is 2. The molecule has 194 valence electrons. The van der Waals surface area contributed by atoms with Crippen molar-refractivity contribution in [3.63, 3.8) is 0 Å². The minimum atomic E-state index is 0.138. The molecular weight excluding hydrogens is 488 g/mol. The average Bonchev–Trinajstić information content (AvgIpc) is 2.92. The fraction of sp³-hybridized carbons (Fsp3) is 0.103. The van der Waals surface area contributed by atoms with Gasteiger partial charge in [-0.15, -0.1) is 0 Å². The van der Waals surface area contributed by atoms with E-state index in [1.165, 1.54) is 5.56 Å². The van der Waals surface area contributed by atoms with Gasteiger partial charge in [0.05, 0.1) is 22.2 Å². The highest BCUT2D eigenvalue weighted by Crippen LogP contribution is 2.27. The van der Waals surface area contributed by atoms with Gasteiger partial charge >= 0.3 is 0 Å². The first-order valence-corrected chi connectivity index (χ1v) is 12.3. The van der Waals surface area contributed by atoms with Crippen molar-refractivity contribution >= 4 is 45.6 Å². The van der Waals surface area contributed by atoms with Crippen LogP contribution in [0.3, 0.4) is 0 Å². The fourth-order valence-corrected chi connectivity index (χ4v) is 4.29. The molecule has 0 saturated carbocycles. The van der Waals surface area contributed by atoms with E-state index < -0.39 is 0 Å². The summed E-state index contributed by atoms with van der Waals surface area (Å²) < 4.78 is 0. The van der Waals surface area contributed by atoms with Crippen LogP contribution >= 0.6 is 0 Å². The van der Waals surface area contributed by atoms with Crippen LogP contribution < -0.4 is 22.5 Å². The zero-order valence-corrected chi connectivity index (χ0v) is 21.8. The Hall–Kier alpha value is -5.38. The van der Waals surface area contributed by atoms with Gasteiger partial charge in [-0.1, -0.05) is 48.5 Å². The molecule has 0 bridgehead atoms. The Morgan fingerprint density at radius 3 is 1.56 bits per heavy atom. The molecule has 39 heavy (non-hydrogen) atoms. The number of aryl methyl sites for hydroxylation is 2. The molecule has 10 nitrogen and oxygen atoms in total. The summed E-state index contributed by atoms with van der Waals surface area (Å²) in [6.45, 7) is 4.11. The van der Waals surface area contributed by atoms with Crippen molar-refractivity contribution in [3.8, 4) is 22.5 Å². The summed E-state index contributed by atoms with van der Waals surface area (Å²) in [5.41, 5.74) is 24.5. The summed E-state index contributed by atoms with van der Waals surface area (Å²) in [4.78, 5) is 25.5. The monoisotopic (exact) mass is 516 g/mol. The van der Waals surface area contributed by atoms with Crippen LogP contribution in [0, 0.1) is 13.8 Å². The average molecular weight is 517 g/mol. The summed E-state index contributed by atoms with van der Waals surface area (Å²) in [6, 6.07) is 23.9. The van der Waals surface area contributed by atoms with Crippen LogP contribution in [0.25, 0.3) is 44.6 Å². The number of anilines is 4. The summed E-state index contributed by atoms with van der Waals surface area (Å²) >= 11 is 0. The Balaban J connectivity index is 0.000000158. The highest BCUT2D eigenvalue weighted by atomic mass is 15.1. The Bertz CT molecular complexity index is 1820. The minimum Gasteiger partial charge on any atom is -0.383 e. The van der Waals surface area contributed by atoms with E-state index in [4.69, 9.17) is 17.2 Å². The number of pyridine rings is 2. The zero-order chi connectivity index (χ0) is 27.5. The molecule has 0 amide bonds. The first kappa shape index (κ1) is 25.3. The molecule has 6 aromatic rings. The van der Waals surface area contributed by atoms with Crippen LogP contribution in [0.4, 0.5) is 23.5 Å². The molecule has 0 atom stereocenters. The third-order valence-electron chi connectivity index (χ3n) is 6.26. The topological polar surface area (TPSA) is 167 Å². The van der Waals surface area contributed by atoms with Crippen molar-refractivity contribution in [2.45, 2.75) is 13.8 Å². The molecule has 0 spiro atoms. The zero-order valence-electron chi connectivity index (χ0n) is 21.8. The predicted octanol–water partition coefficient (Wildman–Crippen LogP) is 4.79. The smallest absolute Gasteiger partial charge is 0.224 e.